The summed E-state index contributed by atoms with van der Waals surface area (Å²) < 4.78 is 18.0. The maximum Gasteiger partial charge on any atom is 0.340 e. The molecule has 4 aromatic rings. The highest BCUT2D eigenvalue weighted by atomic mass is 32.1. The molecule has 0 bridgehead atoms. The third-order valence-electron chi connectivity index (χ3n) is 4.34. The van der Waals surface area contributed by atoms with Gasteiger partial charge in [0.05, 0.1) is 31.0 Å². The van der Waals surface area contributed by atoms with E-state index >= 15 is 0 Å². The van der Waals surface area contributed by atoms with Crippen molar-refractivity contribution in [3.63, 3.8) is 0 Å². The molecule has 0 radical (unpaired) electrons. The van der Waals surface area contributed by atoms with Crippen LogP contribution in [0.3, 0.4) is 0 Å². The number of hydrogen-bond donors (Lipinski definition) is 0. The summed E-state index contributed by atoms with van der Waals surface area (Å²) in [6.07, 6.45) is 1.67. The molecule has 0 unspecified atom stereocenters. The molecule has 29 heavy (non-hydrogen) atoms. The van der Waals surface area contributed by atoms with E-state index in [0.717, 1.165) is 10.6 Å². The van der Waals surface area contributed by atoms with Gasteiger partial charge in [0, 0.05) is 11.6 Å². The van der Waals surface area contributed by atoms with Crippen molar-refractivity contribution in [3.05, 3.63) is 59.0 Å². The lowest BCUT2D eigenvalue weighted by molar-refractivity contribution is 0.0468. The second-order valence-corrected chi connectivity index (χ2v) is 7.01. The summed E-state index contributed by atoms with van der Waals surface area (Å²) in [4.78, 5) is 17.0. The zero-order chi connectivity index (χ0) is 20.4. The highest BCUT2D eigenvalue weighted by Crippen LogP contribution is 2.39. The summed E-state index contributed by atoms with van der Waals surface area (Å²) in [5, 5.41) is 10.6. The highest BCUT2D eigenvalue weighted by Gasteiger charge is 2.16. The van der Waals surface area contributed by atoms with Crippen molar-refractivity contribution in [2.24, 2.45) is 0 Å². The van der Waals surface area contributed by atoms with Gasteiger partial charge in [0.2, 0.25) is 0 Å². The summed E-state index contributed by atoms with van der Waals surface area (Å²) in [6, 6.07) is 9.01. The standard InChI is InChI=1S/C20H18N4O4S/c1-12-22-23-17-8-7-13(9-24(12)17)20(25)28-10-14-11-29-19(21-14)15-5-4-6-16(26-2)18(15)27-3/h4-9,11H,10H2,1-3H3. The van der Waals surface area contributed by atoms with Crippen molar-refractivity contribution in [3.8, 4) is 22.1 Å². The first-order valence-electron chi connectivity index (χ1n) is 8.75. The molecule has 0 aliphatic heterocycles. The van der Waals surface area contributed by atoms with Gasteiger partial charge in [-0.15, -0.1) is 21.5 Å². The predicted molar refractivity (Wildman–Crippen MR) is 107 cm³/mol. The average Bonchev–Trinajstić information content (AvgIpc) is 3.38. The Balaban J connectivity index is 1.49. The van der Waals surface area contributed by atoms with Crippen LogP contribution in [-0.4, -0.2) is 39.8 Å². The largest absolute Gasteiger partial charge is 0.493 e. The van der Waals surface area contributed by atoms with E-state index < -0.39 is 5.97 Å². The number of thiazole rings is 1. The van der Waals surface area contributed by atoms with Crippen LogP contribution in [0.15, 0.2) is 41.9 Å². The molecule has 3 aromatic heterocycles. The molecule has 1 aromatic carbocycles. The molecule has 148 valence electrons. The SMILES string of the molecule is COc1cccc(-c2nc(COC(=O)c3ccc4nnc(C)n4c3)cs2)c1OC. The number of benzene rings is 1. The normalized spacial score (nSPS) is 10.9. The fraction of sp³-hybridized carbons (Fsp3) is 0.200. The Labute approximate surface area is 170 Å². The second kappa shape index (κ2) is 7.88. The van der Waals surface area contributed by atoms with Crippen LogP contribution in [0.5, 0.6) is 11.5 Å². The van der Waals surface area contributed by atoms with E-state index in [1.54, 1.807) is 36.9 Å². The van der Waals surface area contributed by atoms with Crippen LogP contribution in [0.25, 0.3) is 16.2 Å². The van der Waals surface area contributed by atoms with Crippen LogP contribution in [0.2, 0.25) is 0 Å². The zero-order valence-corrected chi connectivity index (χ0v) is 16.9. The molecule has 0 aliphatic rings. The Morgan fingerprint density at radius 2 is 2.00 bits per heavy atom. The minimum absolute atomic E-state index is 0.0703. The number of methoxy groups -OCH3 is 2. The van der Waals surface area contributed by atoms with Gasteiger partial charge in [0.1, 0.15) is 17.4 Å². The van der Waals surface area contributed by atoms with Crippen molar-refractivity contribution >= 4 is 23.0 Å². The molecule has 0 saturated heterocycles. The van der Waals surface area contributed by atoms with Crippen LogP contribution in [0.1, 0.15) is 21.9 Å². The summed E-state index contributed by atoms with van der Waals surface area (Å²) in [5.74, 6) is 1.51. The average molecular weight is 410 g/mol. The zero-order valence-electron chi connectivity index (χ0n) is 16.1. The molecule has 0 saturated carbocycles. The first-order chi connectivity index (χ1) is 14.1. The fourth-order valence-electron chi connectivity index (χ4n) is 2.90. The number of carbonyl (C=O) groups is 1. The van der Waals surface area contributed by atoms with E-state index in [0.29, 0.717) is 34.2 Å². The molecule has 0 aliphatic carbocycles. The maximum atomic E-state index is 12.4. The molecule has 4 rings (SSSR count). The lowest BCUT2D eigenvalue weighted by Gasteiger charge is -2.10. The van der Waals surface area contributed by atoms with E-state index in [-0.39, 0.29) is 6.61 Å². The van der Waals surface area contributed by atoms with E-state index in [2.05, 4.69) is 15.2 Å². The van der Waals surface area contributed by atoms with Gasteiger partial charge >= 0.3 is 5.97 Å². The number of pyridine rings is 1. The van der Waals surface area contributed by atoms with Crippen LogP contribution in [0.4, 0.5) is 0 Å². The molecule has 0 atom stereocenters. The molecular formula is C20H18N4O4S. The smallest absolute Gasteiger partial charge is 0.340 e. The molecule has 0 amide bonds. The van der Waals surface area contributed by atoms with Crippen LogP contribution < -0.4 is 9.47 Å². The van der Waals surface area contributed by atoms with Gasteiger partial charge in [0.15, 0.2) is 17.1 Å². The summed E-state index contributed by atoms with van der Waals surface area (Å²) in [5.41, 5.74) is 2.58. The Hall–Kier alpha value is -3.46. The summed E-state index contributed by atoms with van der Waals surface area (Å²) in [6.45, 7) is 1.89. The highest BCUT2D eigenvalue weighted by molar-refractivity contribution is 7.13. The lowest BCUT2D eigenvalue weighted by atomic mass is 10.2. The number of aromatic nitrogens is 4. The number of para-hydroxylation sites is 1. The first-order valence-corrected chi connectivity index (χ1v) is 9.63. The van der Waals surface area contributed by atoms with Gasteiger partial charge in [-0.3, -0.25) is 4.40 Å². The molecule has 8 nitrogen and oxygen atoms in total. The first kappa shape index (κ1) is 18.9. The fourth-order valence-corrected chi connectivity index (χ4v) is 3.73. The van der Waals surface area contributed by atoms with Crippen LogP contribution in [0, 0.1) is 6.92 Å². The van der Waals surface area contributed by atoms with Gasteiger partial charge in [-0.1, -0.05) is 6.07 Å². The molecule has 0 N–H and O–H groups in total. The van der Waals surface area contributed by atoms with Gasteiger partial charge < -0.3 is 14.2 Å². The third kappa shape index (κ3) is 3.64. The summed E-state index contributed by atoms with van der Waals surface area (Å²) in [7, 11) is 3.18. The molecule has 0 fully saturated rings. The number of carbonyl (C=O) groups excluding carboxylic acids is 1. The second-order valence-electron chi connectivity index (χ2n) is 6.15. The number of hydrogen-bond acceptors (Lipinski definition) is 8. The van der Waals surface area contributed by atoms with Crippen LogP contribution >= 0.6 is 11.3 Å². The lowest BCUT2D eigenvalue weighted by Crippen LogP contribution is -2.07. The maximum absolute atomic E-state index is 12.4. The number of esters is 1. The Bertz CT molecular complexity index is 1180. The predicted octanol–water partition coefficient (Wildman–Crippen LogP) is 3.54. The molecule has 3 heterocycles. The van der Waals surface area contributed by atoms with Gasteiger partial charge in [0.25, 0.3) is 0 Å². The van der Waals surface area contributed by atoms with Crippen LogP contribution in [-0.2, 0) is 11.3 Å². The van der Waals surface area contributed by atoms with E-state index in [9.17, 15) is 4.79 Å². The van der Waals surface area contributed by atoms with Gasteiger partial charge in [-0.2, -0.15) is 0 Å². The Kier molecular flexibility index (Phi) is 5.13. The van der Waals surface area contributed by atoms with Crippen molar-refractivity contribution < 1.29 is 19.0 Å². The summed E-state index contributed by atoms with van der Waals surface area (Å²) >= 11 is 1.45. The van der Waals surface area contributed by atoms with Gasteiger partial charge in [-0.25, -0.2) is 9.78 Å². The van der Waals surface area contributed by atoms with E-state index in [1.165, 1.54) is 11.3 Å². The quantitative estimate of drug-likeness (QED) is 0.449. The van der Waals surface area contributed by atoms with Crippen molar-refractivity contribution in [1.82, 2.24) is 19.6 Å². The third-order valence-corrected chi connectivity index (χ3v) is 5.27. The molecule has 9 heteroatoms. The number of fused-ring (bicyclic) bond motifs is 1. The molecular weight excluding hydrogens is 392 g/mol. The minimum atomic E-state index is -0.437. The molecule has 0 spiro atoms. The monoisotopic (exact) mass is 410 g/mol. The topological polar surface area (TPSA) is 87.8 Å². The Morgan fingerprint density at radius 1 is 1.14 bits per heavy atom. The van der Waals surface area contributed by atoms with E-state index in [4.69, 9.17) is 14.2 Å². The van der Waals surface area contributed by atoms with E-state index in [1.807, 2.05) is 30.5 Å². The van der Waals surface area contributed by atoms with Crippen molar-refractivity contribution in [2.45, 2.75) is 13.5 Å². The number of ether oxygens (including phenoxy) is 3. The Morgan fingerprint density at radius 3 is 2.79 bits per heavy atom. The number of nitrogens with zero attached hydrogens (tertiary/aromatic N) is 4. The number of aryl methyl sites for hydroxylation is 1. The number of rotatable bonds is 6. The van der Waals surface area contributed by atoms with Crippen molar-refractivity contribution in [2.75, 3.05) is 14.2 Å². The minimum Gasteiger partial charge on any atom is -0.493 e. The van der Waals surface area contributed by atoms with Gasteiger partial charge in [-0.05, 0) is 31.2 Å². The van der Waals surface area contributed by atoms with Crippen molar-refractivity contribution in [1.29, 1.82) is 0 Å².